The Labute approximate surface area is 155 Å². The quantitative estimate of drug-likeness (QED) is 0.576. The van der Waals surface area contributed by atoms with Crippen LogP contribution in [0.1, 0.15) is 19.4 Å². The predicted molar refractivity (Wildman–Crippen MR) is 98.2 cm³/mol. The summed E-state index contributed by atoms with van der Waals surface area (Å²) in [6, 6.07) is 4.42. The van der Waals surface area contributed by atoms with Crippen molar-refractivity contribution in [3.63, 3.8) is 0 Å². The molecule has 1 fully saturated rings. The second-order valence-electron chi connectivity index (χ2n) is 5.54. The maximum absolute atomic E-state index is 12.4. The molecule has 0 aromatic heterocycles. The van der Waals surface area contributed by atoms with Gasteiger partial charge in [-0.05, 0) is 49.4 Å². The van der Waals surface area contributed by atoms with Crippen LogP contribution in [0.15, 0.2) is 35.8 Å². The zero-order chi connectivity index (χ0) is 19.4. The van der Waals surface area contributed by atoms with E-state index in [-0.39, 0.29) is 16.9 Å². The average molecular weight is 377 g/mol. The Hall–Kier alpha value is -2.74. The van der Waals surface area contributed by atoms with Crippen molar-refractivity contribution in [3.8, 4) is 11.5 Å². The number of carboxylic acids is 1. The molecule has 0 aliphatic carbocycles. The van der Waals surface area contributed by atoms with E-state index in [2.05, 4.69) is 6.58 Å². The number of hydrogen-bond donors (Lipinski definition) is 1. The lowest BCUT2D eigenvalue weighted by Gasteiger charge is -2.17. The predicted octanol–water partition coefficient (Wildman–Crippen LogP) is 3.16. The van der Waals surface area contributed by atoms with Gasteiger partial charge in [-0.2, -0.15) is 0 Å². The van der Waals surface area contributed by atoms with Gasteiger partial charge in [0.2, 0.25) is 0 Å². The number of hydrogen-bond acceptors (Lipinski definition) is 6. The van der Waals surface area contributed by atoms with Crippen LogP contribution >= 0.6 is 11.8 Å². The van der Waals surface area contributed by atoms with Gasteiger partial charge in [0.25, 0.3) is 11.1 Å². The van der Waals surface area contributed by atoms with E-state index in [4.69, 9.17) is 14.6 Å². The Morgan fingerprint density at radius 1 is 1.31 bits per heavy atom. The smallest absolute Gasteiger partial charge is 0.344 e. The first-order valence-corrected chi connectivity index (χ1v) is 8.57. The van der Waals surface area contributed by atoms with Crippen LogP contribution in [-0.2, 0) is 9.59 Å². The molecule has 0 spiro atoms. The number of imide groups is 1. The molecule has 0 unspecified atom stereocenters. The second-order valence-corrected chi connectivity index (χ2v) is 6.53. The van der Waals surface area contributed by atoms with Gasteiger partial charge in [-0.25, -0.2) is 4.79 Å². The van der Waals surface area contributed by atoms with Gasteiger partial charge in [-0.1, -0.05) is 12.1 Å². The van der Waals surface area contributed by atoms with E-state index in [0.29, 0.717) is 16.2 Å². The molecule has 1 aliphatic heterocycles. The second kappa shape index (κ2) is 8.09. The Balaban J connectivity index is 2.28. The lowest BCUT2D eigenvalue weighted by Crippen LogP contribution is -2.35. The minimum absolute atomic E-state index is 0.271. The van der Waals surface area contributed by atoms with Gasteiger partial charge < -0.3 is 14.6 Å². The van der Waals surface area contributed by atoms with Crippen LogP contribution in [0.5, 0.6) is 11.5 Å². The van der Waals surface area contributed by atoms with Gasteiger partial charge in [0.15, 0.2) is 17.6 Å². The molecule has 1 saturated heterocycles. The topological polar surface area (TPSA) is 93.1 Å². The van der Waals surface area contributed by atoms with E-state index in [9.17, 15) is 14.4 Å². The van der Waals surface area contributed by atoms with Gasteiger partial charge in [-0.15, -0.1) is 6.58 Å². The molecular weight excluding hydrogens is 358 g/mol. The molecule has 0 bridgehead atoms. The molecule has 1 aromatic carbocycles. The third-order valence-electron chi connectivity index (χ3n) is 3.71. The van der Waals surface area contributed by atoms with Crippen LogP contribution < -0.4 is 9.47 Å². The SMILES string of the molecule is C=C[C@@H](C)N1C(=O)S/C(=C\c2ccc(O[C@@H](C)C(=O)O)c(OC)c2)C1=O. The summed E-state index contributed by atoms with van der Waals surface area (Å²) in [4.78, 5) is 36.8. The number of carbonyl (C=O) groups excluding carboxylic acids is 2. The molecule has 2 amide bonds. The lowest BCUT2D eigenvalue weighted by molar-refractivity contribution is -0.144. The number of rotatable bonds is 7. The third-order valence-corrected chi connectivity index (χ3v) is 4.59. The highest BCUT2D eigenvalue weighted by molar-refractivity contribution is 8.18. The van der Waals surface area contributed by atoms with Gasteiger partial charge in [0.05, 0.1) is 18.1 Å². The summed E-state index contributed by atoms with van der Waals surface area (Å²) in [5, 5.41) is 8.58. The fraction of sp³-hybridized carbons (Fsp3) is 0.278. The lowest BCUT2D eigenvalue weighted by atomic mass is 10.1. The molecule has 1 aromatic rings. The largest absolute Gasteiger partial charge is 0.493 e. The maximum atomic E-state index is 12.4. The van der Waals surface area contributed by atoms with Gasteiger partial charge in [0, 0.05) is 0 Å². The first-order valence-electron chi connectivity index (χ1n) is 7.75. The van der Waals surface area contributed by atoms with Crippen LogP contribution in [0.25, 0.3) is 6.08 Å². The van der Waals surface area contributed by atoms with E-state index < -0.39 is 18.1 Å². The highest BCUT2D eigenvalue weighted by atomic mass is 32.2. The molecule has 1 aliphatic rings. The van der Waals surface area contributed by atoms with Crippen LogP contribution in [0, 0.1) is 0 Å². The summed E-state index contributed by atoms with van der Waals surface area (Å²) in [5.41, 5.74) is 0.619. The summed E-state index contributed by atoms with van der Waals surface area (Å²) in [5.74, 6) is -0.884. The van der Waals surface area contributed by atoms with Crippen LogP contribution in [-0.4, -0.2) is 46.4 Å². The van der Waals surface area contributed by atoms with E-state index in [1.165, 1.54) is 20.1 Å². The minimum atomic E-state index is -1.10. The number of ether oxygens (including phenoxy) is 2. The standard InChI is InChI=1S/C18H19NO6S/c1-5-10(2)19-16(20)15(26-18(19)23)9-12-6-7-13(14(8-12)24-4)25-11(3)17(21)22/h5-11H,1H2,2-4H3,(H,21,22)/b15-9-/t10-,11+/m1/s1. The molecule has 0 radical (unpaired) electrons. The van der Waals surface area contributed by atoms with Gasteiger partial charge in [0.1, 0.15) is 0 Å². The van der Waals surface area contributed by atoms with E-state index in [1.54, 1.807) is 31.2 Å². The summed E-state index contributed by atoms with van der Waals surface area (Å²) in [6.07, 6.45) is 2.07. The third kappa shape index (κ3) is 4.08. The Morgan fingerprint density at radius 3 is 2.58 bits per heavy atom. The Bertz CT molecular complexity index is 788. The number of amides is 2. The first-order chi connectivity index (χ1) is 12.3. The molecule has 0 saturated carbocycles. The molecular formula is C18H19NO6S. The van der Waals surface area contributed by atoms with Crippen LogP contribution in [0.2, 0.25) is 0 Å². The number of nitrogens with zero attached hydrogens (tertiary/aromatic N) is 1. The molecule has 7 nitrogen and oxygen atoms in total. The van der Waals surface area contributed by atoms with Crippen LogP contribution in [0.4, 0.5) is 4.79 Å². The molecule has 2 rings (SSSR count). The fourth-order valence-electron chi connectivity index (χ4n) is 2.20. The summed E-state index contributed by atoms with van der Waals surface area (Å²) < 4.78 is 10.6. The molecule has 2 atom stereocenters. The molecule has 1 heterocycles. The fourth-order valence-corrected chi connectivity index (χ4v) is 3.12. The van der Waals surface area contributed by atoms with Crippen molar-refractivity contribution >= 4 is 35.0 Å². The number of carboxylic acid groups (broad SMARTS) is 1. The summed E-state index contributed by atoms with van der Waals surface area (Å²) in [7, 11) is 1.43. The van der Waals surface area contributed by atoms with E-state index in [0.717, 1.165) is 16.7 Å². The monoisotopic (exact) mass is 377 g/mol. The Morgan fingerprint density at radius 2 is 2.00 bits per heavy atom. The Kier molecular flexibility index (Phi) is 6.10. The first kappa shape index (κ1) is 19.6. The normalized spacial score (nSPS) is 18.0. The highest BCUT2D eigenvalue weighted by Crippen LogP contribution is 2.35. The number of aliphatic carboxylic acids is 1. The maximum Gasteiger partial charge on any atom is 0.344 e. The van der Waals surface area contributed by atoms with Gasteiger partial charge in [-0.3, -0.25) is 14.5 Å². The number of carbonyl (C=O) groups is 3. The molecule has 1 N–H and O–H groups in total. The zero-order valence-corrected chi connectivity index (χ0v) is 15.4. The van der Waals surface area contributed by atoms with Crippen molar-refractivity contribution in [1.82, 2.24) is 4.90 Å². The summed E-state index contributed by atoms with van der Waals surface area (Å²) >= 11 is 0.854. The van der Waals surface area contributed by atoms with Gasteiger partial charge >= 0.3 is 5.97 Å². The van der Waals surface area contributed by atoms with Crippen molar-refractivity contribution in [2.45, 2.75) is 26.0 Å². The van der Waals surface area contributed by atoms with Crippen molar-refractivity contribution in [2.24, 2.45) is 0 Å². The van der Waals surface area contributed by atoms with E-state index >= 15 is 0 Å². The molecule has 138 valence electrons. The molecule has 26 heavy (non-hydrogen) atoms. The van der Waals surface area contributed by atoms with Crippen molar-refractivity contribution in [3.05, 3.63) is 41.3 Å². The average Bonchev–Trinajstić information content (AvgIpc) is 2.88. The van der Waals surface area contributed by atoms with Crippen molar-refractivity contribution < 1.29 is 29.0 Å². The molecule has 8 heteroatoms. The van der Waals surface area contributed by atoms with Crippen molar-refractivity contribution in [2.75, 3.05) is 7.11 Å². The number of methoxy groups -OCH3 is 1. The van der Waals surface area contributed by atoms with Crippen LogP contribution in [0.3, 0.4) is 0 Å². The zero-order valence-electron chi connectivity index (χ0n) is 14.6. The summed E-state index contributed by atoms with van der Waals surface area (Å²) in [6.45, 7) is 6.73. The van der Waals surface area contributed by atoms with E-state index in [1.807, 2.05) is 0 Å². The highest BCUT2D eigenvalue weighted by Gasteiger charge is 2.37. The number of benzene rings is 1. The number of thioether (sulfide) groups is 1. The van der Waals surface area contributed by atoms with Crippen molar-refractivity contribution in [1.29, 1.82) is 0 Å². The minimum Gasteiger partial charge on any atom is -0.493 e.